The Morgan fingerprint density at radius 3 is 3.07 bits per heavy atom. The van der Waals surface area contributed by atoms with Gasteiger partial charge >= 0.3 is 0 Å². The number of fused-ring (bicyclic) bond motifs is 1. The number of hydrogen-bond acceptors (Lipinski definition) is 2. The minimum atomic E-state index is 0.281. The highest BCUT2D eigenvalue weighted by Crippen LogP contribution is 2.28. The first kappa shape index (κ1) is 10.5. The molecule has 1 aromatic carbocycles. The summed E-state index contributed by atoms with van der Waals surface area (Å²) in [7, 11) is 0. The van der Waals surface area contributed by atoms with E-state index in [1.54, 1.807) is 0 Å². The average molecular weight is 205 g/mol. The van der Waals surface area contributed by atoms with Crippen molar-refractivity contribution < 1.29 is 4.74 Å². The van der Waals surface area contributed by atoms with Crippen LogP contribution in [0.15, 0.2) is 24.3 Å². The number of benzene rings is 1. The maximum atomic E-state index is 6.14. The number of ether oxygens (including phenoxy) is 1. The van der Waals surface area contributed by atoms with Gasteiger partial charge in [0.15, 0.2) is 0 Å². The van der Waals surface area contributed by atoms with Gasteiger partial charge in [0.05, 0.1) is 6.61 Å². The molecule has 2 atom stereocenters. The van der Waals surface area contributed by atoms with Gasteiger partial charge in [0.2, 0.25) is 0 Å². The van der Waals surface area contributed by atoms with E-state index in [1.165, 1.54) is 5.56 Å². The predicted octanol–water partition coefficient (Wildman–Crippen LogP) is 2.37. The van der Waals surface area contributed by atoms with E-state index < -0.39 is 0 Å². The number of nitrogens with two attached hydrogens (primary N) is 1. The molecule has 0 saturated heterocycles. The van der Waals surface area contributed by atoms with Crippen molar-refractivity contribution >= 4 is 0 Å². The van der Waals surface area contributed by atoms with Gasteiger partial charge in [-0.15, -0.1) is 0 Å². The molecule has 0 saturated carbocycles. The summed E-state index contributed by atoms with van der Waals surface area (Å²) in [5, 5.41) is 0. The third-order valence-corrected chi connectivity index (χ3v) is 3.14. The zero-order valence-electron chi connectivity index (χ0n) is 9.28. The average Bonchev–Trinajstić information content (AvgIpc) is 2.29. The van der Waals surface area contributed by atoms with Gasteiger partial charge in [0.25, 0.3) is 0 Å². The third-order valence-electron chi connectivity index (χ3n) is 3.14. The summed E-state index contributed by atoms with van der Waals surface area (Å²) in [6.07, 6.45) is 3.31. The highest BCUT2D eigenvalue weighted by atomic mass is 16.5. The van der Waals surface area contributed by atoms with Crippen LogP contribution in [0.5, 0.6) is 5.75 Å². The van der Waals surface area contributed by atoms with Crippen LogP contribution in [0.3, 0.4) is 0 Å². The van der Waals surface area contributed by atoms with Crippen LogP contribution in [0.25, 0.3) is 0 Å². The number of para-hydroxylation sites is 1. The Bertz CT molecular complexity index is 324. The molecule has 0 aromatic heterocycles. The molecule has 0 aliphatic carbocycles. The maximum Gasteiger partial charge on any atom is 0.122 e. The lowest BCUT2D eigenvalue weighted by Crippen LogP contribution is -2.37. The molecule has 15 heavy (non-hydrogen) atoms. The fourth-order valence-corrected chi connectivity index (χ4v) is 2.20. The quantitative estimate of drug-likeness (QED) is 0.822. The second-order valence-electron chi connectivity index (χ2n) is 4.34. The van der Waals surface area contributed by atoms with Gasteiger partial charge in [-0.05, 0) is 24.5 Å². The molecule has 1 aromatic rings. The van der Waals surface area contributed by atoms with E-state index in [1.807, 2.05) is 12.1 Å². The molecule has 2 rings (SSSR count). The molecule has 1 heterocycles. The van der Waals surface area contributed by atoms with E-state index in [0.717, 1.165) is 31.6 Å². The Kier molecular flexibility index (Phi) is 3.27. The Morgan fingerprint density at radius 1 is 1.47 bits per heavy atom. The molecule has 82 valence electrons. The lowest BCUT2D eigenvalue weighted by atomic mass is 9.89. The monoisotopic (exact) mass is 205 g/mol. The van der Waals surface area contributed by atoms with Crippen molar-refractivity contribution in [1.82, 2.24) is 0 Å². The molecule has 2 nitrogen and oxygen atoms in total. The summed E-state index contributed by atoms with van der Waals surface area (Å²) in [4.78, 5) is 0. The van der Waals surface area contributed by atoms with E-state index in [9.17, 15) is 0 Å². The van der Waals surface area contributed by atoms with Crippen LogP contribution in [0.2, 0.25) is 0 Å². The third kappa shape index (κ3) is 2.32. The summed E-state index contributed by atoms with van der Waals surface area (Å²) in [6, 6.07) is 8.54. The molecule has 2 heteroatoms. The molecule has 1 aliphatic heterocycles. The van der Waals surface area contributed by atoms with Crippen molar-refractivity contribution in [3.63, 3.8) is 0 Å². The summed E-state index contributed by atoms with van der Waals surface area (Å²) < 4.78 is 5.72. The van der Waals surface area contributed by atoms with Gasteiger partial charge in [0, 0.05) is 12.0 Å². The number of rotatable bonds is 3. The molecule has 0 spiro atoms. The highest BCUT2D eigenvalue weighted by molar-refractivity contribution is 5.35. The fraction of sp³-hybridized carbons (Fsp3) is 0.538. The first-order valence-electron chi connectivity index (χ1n) is 5.77. The van der Waals surface area contributed by atoms with E-state index in [4.69, 9.17) is 10.5 Å². The Morgan fingerprint density at radius 2 is 2.27 bits per heavy atom. The Labute approximate surface area is 91.4 Å². The van der Waals surface area contributed by atoms with Crippen LogP contribution < -0.4 is 10.5 Å². The summed E-state index contributed by atoms with van der Waals surface area (Å²) in [5.74, 6) is 1.53. The molecule has 0 fully saturated rings. The van der Waals surface area contributed by atoms with Crippen LogP contribution in [0, 0.1) is 5.92 Å². The van der Waals surface area contributed by atoms with Crippen LogP contribution in [0.1, 0.15) is 25.3 Å². The van der Waals surface area contributed by atoms with Crippen LogP contribution in [-0.2, 0) is 6.42 Å². The topological polar surface area (TPSA) is 35.2 Å². The normalized spacial score (nSPS) is 21.6. The number of hydrogen-bond donors (Lipinski definition) is 1. The van der Waals surface area contributed by atoms with Gasteiger partial charge in [-0.25, -0.2) is 0 Å². The lowest BCUT2D eigenvalue weighted by molar-refractivity contribution is 0.195. The summed E-state index contributed by atoms with van der Waals surface area (Å²) in [6.45, 7) is 2.95. The van der Waals surface area contributed by atoms with E-state index >= 15 is 0 Å². The van der Waals surface area contributed by atoms with E-state index in [2.05, 4.69) is 19.1 Å². The fourth-order valence-electron chi connectivity index (χ4n) is 2.20. The van der Waals surface area contributed by atoms with Gasteiger partial charge in [-0.1, -0.05) is 31.5 Å². The summed E-state index contributed by atoms with van der Waals surface area (Å²) in [5.41, 5.74) is 7.44. The smallest absolute Gasteiger partial charge is 0.122 e. The minimum Gasteiger partial charge on any atom is -0.493 e. The van der Waals surface area contributed by atoms with Gasteiger partial charge in [0.1, 0.15) is 5.75 Å². The molecule has 0 radical (unpaired) electrons. The summed E-state index contributed by atoms with van der Waals surface area (Å²) >= 11 is 0. The van der Waals surface area contributed by atoms with Crippen molar-refractivity contribution in [1.29, 1.82) is 0 Å². The molecular formula is C13H19NO. The molecule has 1 aliphatic rings. The largest absolute Gasteiger partial charge is 0.493 e. The molecule has 0 amide bonds. The van der Waals surface area contributed by atoms with Crippen LogP contribution >= 0.6 is 0 Å². The predicted molar refractivity (Wildman–Crippen MR) is 62.0 cm³/mol. The molecule has 2 N–H and O–H groups in total. The van der Waals surface area contributed by atoms with Crippen molar-refractivity contribution in [3.8, 4) is 5.75 Å². The van der Waals surface area contributed by atoms with Crippen LogP contribution in [0.4, 0.5) is 0 Å². The molecule has 2 unspecified atom stereocenters. The Hall–Kier alpha value is -1.02. The van der Waals surface area contributed by atoms with Crippen molar-refractivity contribution in [2.45, 2.75) is 32.2 Å². The first-order chi connectivity index (χ1) is 7.31. The maximum absolute atomic E-state index is 6.14. The van der Waals surface area contributed by atoms with E-state index in [0.29, 0.717) is 5.92 Å². The van der Waals surface area contributed by atoms with Gasteiger partial charge in [-0.3, -0.25) is 0 Å². The second kappa shape index (κ2) is 4.67. The molecule has 0 bridgehead atoms. The van der Waals surface area contributed by atoms with Crippen molar-refractivity contribution in [2.75, 3.05) is 6.61 Å². The lowest BCUT2D eigenvalue weighted by Gasteiger charge is -2.29. The zero-order chi connectivity index (χ0) is 10.7. The van der Waals surface area contributed by atoms with Crippen LogP contribution in [-0.4, -0.2) is 12.6 Å². The SMILES string of the molecule is CCCC(N)C1COc2ccccc2C1. The zero-order valence-corrected chi connectivity index (χ0v) is 9.28. The first-order valence-corrected chi connectivity index (χ1v) is 5.77. The Balaban J connectivity index is 2.05. The van der Waals surface area contributed by atoms with Crippen molar-refractivity contribution in [2.24, 2.45) is 11.7 Å². The minimum absolute atomic E-state index is 0.281. The highest BCUT2D eigenvalue weighted by Gasteiger charge is 2.24. The van der Waals surface area contributed by atoms with Crippen molar-refractivity contribution in [3.05, 3.63) is 29.8 Å². The molecular weight excluding hydrogens is 186 g/mol. The van der Waals surface area contributed by atoms with Gasteiger partial charge < -0.3 is 10.5 Å². The standard InChI is InChI=1S/C13H19NO/c1-2-5-12(14)11-8-10-6-3-4-7-13(10)15-9-11/h3-4,6-7,11-12H,2,5,8-9,14H2,1H3. The van der Waals surface area contributed by atoms with E-state index in [-0.39, 0.29) is 6.04 Å². The van der Waals surface area contributed by atoms with Gasteiger partial charge in [-0.2, -0.15) is 0 Å². The second-order valence-corrected chi connectivity index (χ2v) is 4.34.